The number of esters is 1. The van der Waals surface area contributed by atoms with Crippen LogP contribution >= 0.6 is 27.3 Å². The zero-order valence-electron chi connectivity index (χ0n) is 25.0. The van der Waals surface area contributed by atoms with Gasteiger partial charge in [-0.25, -0.2) is 14.2 Å². The van der Waals surface area contributed by atoms with Crippen LogP contribution in [0.25, 0.3) is 17.0 Å². The Balaban J connectivity index is 1.55. The summed E-state index contributed by atoms with van der Waals surface area (Å²) in [5, 5.41) is 0.919. The summed E-state index contributed by atoms with van der Waals surface area (Å²) < 4.78 is 35.6. The van der Waals surface area contributed by atoms with Gasteiger partial charge in [0.1, 0.15) is 5.82 Å². The zero-order valence-corrected chi connectivity index (χ0v) is 27.4. The van der Waals surface area contributed by atoms with Gasteiger partial charge >= 0.3 is 5.97 Å². The molecule has 2 aromatic heterocycles. The molecule has 45 heavy (non-hydrogen) atoms. The molecule has 1 aliphatic heterocycles. The number of carbonyl (C=O) groups is 1. The van der Waals surface area contributed by atoms with Crippen LogP contribution in [0.2, 0.25) is 0 Å². The fourth-order valence-electron chi connectivity index (χ4n) is 5.64. The Morgan fingerprint density at radius 2 is 1.80 bits per heavy atom. The topological polar surface area (TPSA) is 84.1 Å². The van der Waals surface area contributed by atoms with Crippen molar-refractivity contribution < 1.29 is 23.4 Å². The normalized spacial score (nSPS) is 14.8. The lowest BCUT2D eigenvalue weighted by Gasteiger charge is -2.26. The summed E-state index contributed by atoms with van der Waals surface area (Å²) in [5.74, 6) is 0.0965. The van der Waals surface area contributed by atoms with E-state index in [0.717, 1.165) is 16.5 Å². The Morgan fingerprint density at radius 1 is 1.09 bits per heavy atom. The minimum absolute atomic E-state index is 0.163. The number of hydrogen-bond acceptors (Lipinski definition) is 7. The van der Waals surface area contributed by atoms with Crippen LogP contribution < -0.4 is 24.4 Å². The van der Waals surface area contributed by atoms with Gasteiger partial charge in [-0.15, -0.1) is 0 Å². The molecule has 0 saturated carbocycles. The quantitative estimate of drug-likeness (QED) is 0.195. The zero-order chi connectivity index (χ0) is 31.8. The van der Waals surface area contributed by atoms with Crippen molar-refractivity contribution in [3.05, 3.63) is 125 Å². The van der Waals surface area contributed by atoms with Gasteiger partial charge in [0.05, 0.1) is 49.2 Å². The largest absolute Gasteiger partial charge is 0.493 e. The molecule has 0 radical (unpaired) electrons. The van der Waals surface area contributed by atoms with Crippen molar-refractivity contribution in [2.75, 3.05) is 20.8 Å². The van der Waals surface area contributed by atoms with Crippen LogP contribution in [0.4, 0.5) is 4.39 Å². The van der Waals surface area contributed by atoms with Crippen LogP contribution in [0.15, 0.2) is 92.4 Å². The molecular weight excluding hydrogens is 661 g/mol. The molecule has 0 spiro atoms. The number of carbonyl (C=O) groups excluding carboxylic acids is 1. The fraction of sp³-hybridized carbons (Fsp3) is 0.206. The summed E-state index contributed by atoms with van der Waals surface area (Å²) >= 11 is 4.87. The van der Waals surface area contributed by atoms with Gasteiger partial charge in [0, 0.05) is 32.7 Å². The molecule has 3 heterocycles. The van der Waals surface area contributed by atoms with Crippen LogP contribution in [-0.2, 0) is 16.1 Å². The summed E-state index contributed by atoms with van der Waals surface area (Å²) in [5.41, 5.74) is 3.28. The van der Waals surface area contributed by atoms with E-state index in [4.69, 9.17) is 19.2 Å². The molecule has 6 rings (SSSR count). The van der Waals surface area contributed by atoms with Crippen molar-refractivity contribution in [1.29, 1.82) is 0 Å². The molecule has 0 bridgehead atoms. The third kappa shape index (κ3) is 5.51. The van der Waals surface area contributed by atoms with E-state index >= 15 is 0 Å². The van der Waals surface area contributed by atoms with E-state index in [1.807, 2.05) is 47.2 Å². The number of thiazole rings is 1. The molecule has 0 amide bonds. The summed E-state index contributed by atoms with van der Waals surface area (Å²) in [6.07, 6.45) is 3.75. The number of hydrogen-bond donors (Lipinski definition) is 0. The molecule has 3 aromatic carbocycles. The number of methoxy groups -OCH3 is 2. The Morgan fingerprint density at radius 3 is 2.53 bits per heavy atom. The highest BCUT2D eigenvalue weighted by Gasteiger charge is 2.35. The van der Waals surface area contributed by atoms with Crippen LogP contribution in [0, 0.1) is 5.82 Å². The van der Waals surface area contributed by atoms with Gasteiger partial charge in [-0.3, -0.25) is 9.36 Å². The Hall–Kier alpha value is -4.48. The van der Waals surface area contributed by atoms with E-state index < -0.39 is 12.0 Å². The third-order valence-corrected chi connectivity index (χ3v) is 9.39. The second-order valence-electron chi connectivity index (χ2n) is 10.4. The van der Waals surface area contributed by atoms with Crippen molar-refractivity contribution in [1.82, 2.24) is 9.13 Å². The van der Waals surface area contributed by atoms with Crippen LogP contribution in [-0.4, -0.2) is 35.9 Å². The molecule has 11 heteroatoms. The highest BCUT2D eigenvalue weighted by atomic mass is 79.9. The molecule has 1 aliphatic rings. The highest BCUT2D eigenvalue weighted by molar-refractivity contribution is 9.10. The number of aromatic nitrogens is 2. The van der Waals surface area contributed by atoms with E-state index in [2.05, 4.69) is 15.9 Å². The predicted octanol–water partition coefficient (Wildman–Crippen LogP) is 5.72. The summed E-state index contributed by atoms with van der Waals surface area (Å²) in [6, 6.07) is 17.1. The Kier molecular flexibility index (Phi) is 8.48. The van der Waals surface area contributed by atoms with Crippen molar-refractivity contribution in [3.63, 3.8) is 0 Å². The van der Waals surface area contributed by atoms with E-state index in [1.165, 1.54) is 36.2 Å². The number of fused-ring (bicyclic) bond motifs is 2. The van der Waals surface area contributed by atoms with Gasteiger partial charge in [-0.1, -0.05) is 63.7 Å². The third-order valence-electron chi connectivity index (χ3n) is 7.72. The smallest absolute Gasteiger partial charge is 0.338 e. The van der Waals surface area contributed by atoms with E-state index in [-0.39, 0.29) is 23.6 Å². The van der Waals surface area contributed by atoms with Gasteiger partial charge in [0.25, 0.3) is 5.56 Å². The number of allylic oxidation sites excluding steroid dienone is 1. The maximum absolute atomic E-state index is 14.5. The summed E-state index contributed by atoms with van der Waals surface area (Å²) in [7, 11) is 3.06. The van der Waals surface area contributed by atoms with E-state index in [0.29, 0.717) is 48.7 Å². The van der Waals surface area contributed by atoms with Gasteiger partial charge < -0.3 is 18.8 Å². The molecule has 0 fully saturated rings. The lowest BCUT2D eigenvalue weighted by Crippen LogP contribution is -2.40. The maximum Gasteiger partial charge on any atom is 0.338 e. The standard InChI is InChI=1S/C34H29BrFN3O5S/c1-5-44-33(41)30-19(2)37-34-39(31(30)23-15-27(42-3)28(43-4)16-24(23)35)32(40)29(45-34)14-21-18-38(26-13-9-7-11-22(21)26)17-20-10-6-8-12-25(20)36/h6-16,18,31H,5,17H2,1-4H3/b29-14-/t31-/m1/s1. The first-order valence-corrected chi connectivity index (χ1v) is 15.8. The average Bonchev–Trinajstić information content (AvgIpc) is 3.53. The first-order chi connectivity index (χ1) is 21.7. The molecule has 0 saturated heterocycles. The summed E-state index contributed by atoms with van der Waals surface area (Å²) in [4.78, 5) is 32.8. The number of benzene rings is 3. The molecule has 1 atom stereocenters. The Labute approximate surface area is 270 Å². The number of halogens is 2. The number of rotatable bonds is 8. The lowest BCUT2D eigenvalue weighted by molar-refractivity contribution is -0.139. The summed E-state index contributed by atoms with van der Waals surface area (Å²) in [6.45, 7) is 3.96. The highest BCUT2D eigenvalue weighted by Crippen LogP contribution is 2.40. The average molecular weight is 691 g/mol. The molecule has 0 unspecified atom stereocenters. The molecule has 0 aliphatic carbocycles. The molecule has 8 nitrogen and oxygen atoms in total. The predicted molar refractivity (Wildman–Crippen MR) is 175 cm³/mol. The first-order valence-electron chi connectivity index (χ1n) is 14.2. The van der Waals surface area contributed by atoms with Crippen molar-refractivity contribution >= 4 is 50.2 Å². The Bertz CT molecular complexity index is 2180. The number of nitrogens with zero attached hydrogens (tertiary/aromatic N) is 3. The molecule has 0 N–H and O–H groups in total. The minimum atomic E-state index is -0.848. The fourth-order valence-corrected chi connectivity index (χ4v) is 7.21. The van der Waals surface area contributed by atoms with Gasteiger partial charge in [0.2, 0.25) is 0 Å². The first kappa shape index (κ1) is 30.5. The van der Waals surface area contributed by atoms with Crippen molar-refractivity contribution in [2.45, 2.75) is 26.4 Å². The molecule has 230 valence electrons. The van der Waals surface area contributed by atoms with Crippen molar-refractivity contribution in [2.24, 2.45) is 4.99 Å². The van der Waals surface area contributed by atoms with E-state index in [9.17, 15) is 14.0 Å². The monoisotopic (exact) mass is 689 g/mol. The second kappa shape index (κ2) is 12.5. The number of para-hydroxylation sites is 1. The molecular formula is C34H29BrFN3O5S. The molecule has 5 aromatic rings. The lowest BCUT2D eigenvalue weighted by atomic mass is 9.95. The van der Waals surface area contributed by atoms with Gasteiger partial charge in [0.15, 0.2) is 16.3 Å². The van der Waals surface area contributed by atoms with Crippen LogP contribution in [0.1, 0.15) is 36.6 Å². The van der Waals surface area contributed by atoms with Crippen LogP contribution in [0.5, 0.6) is 11.5 Å². The second-order valence-corrected chi connectivity index (χ2v) is 12.2. The van der Waals surface area contributed by atoms with Gasteiger partial charge in [-0.05, 0) is 49.8 Å². The van der Waals surface area contributed by atoms with Crippen molar-refractivity contribution in [3.8, 4) is 11.5 Å². The van der Waals surface area contributed by atoms with Crippen LogP contribution in [0.3, 0.4) is 0 Å². The maximum atomic E-state index is 14.5. The number of ether oxygens (including phenoxy) is 3. The minimum Gasteiger partial charge on any atom is -0.493 e. The van der Waals surface area contributed by atoms with E-state index in [1.54, 1.807) is 38.1 Å². The SMILES string of the molecule is CCOC(=O)C1=C(C)N=c2s/c(=C\c3cn(Cc4ccccc4F)c4ccccc34)c(=O)n2[C@@H]1c1cc(OC)c(OC)cc1Br. The van der Waals surface area contributed by atoms with Gasteiger partial charge in [-0.2, -0.15) is 0 Å².